The molecule has 6 heteroatoms. The van der Waals surface area contributed by atoms with Gasteiger partial charge in [-0.3, -0.25) is 0 Å². The average Bonchev–Trinajstić information content (AvgIpc) is 2.69. The van der Waals surface area contributed by atoms with Gasteiger partial charge in [0.1, 0.15) is 10.7 Å². The van der Waals surface area contributed by atoms with Gasteiger partial charge in [-0.05, 0) is 31.0 Å². The van der Waals surface area contributed by atoms with Gasteiger partial charge in [0.2, 0.25) is 10.0 Å². The number of sulfonamides is 1. The lowest BCUT2D eigenvalue weighted by atomic mass is 10.1. The molecule has 4 nitrogen and oxygen atoms in total. The van der Waals surface area contributed by atoms with E-state index in [1.165, 1.54) is 23.5 Å². The summed E-state index contributed by atoms with van der Waals surface area (Å²) in [6, 6.07) is 3.60. The van der Waals surface area contributed by atoms with Crippen LogP contribution in [0.25, 0.3) is 0 Å². The highest BCUT2D eigenvalue weighted by Crippen LogP contribution is 2.27. The fraction of sp³-hybridized carbons (Fsp3) is 0.571. The van der Waals surface area contributed by atoms with E-state index in [1.54, 1.807) is 0 Å². The Balaban J connectivity index is 2.31. The second-order valence-electron chi connectivity index (χ2n) is 5.36. The van der Waals surface area contributed by atoms with Crippen molar-refractivity contribution in [1.29, 1.82) is 0 Å². The van der Waals surface area contributed by atoms with E-state index < -0.39 is 15.8 Å². The molecule has 2 N–H and O–H groups in total. The highest BCUT2D eigenvalue weighted by molar-refractivity contribution is 7.89. The van der Waals surface area contributed by atoms with Crippen molar-refractivity contribution in [1.82, 2.24) is 4.31 Å². The molecule has 1 aliphatic carbocycles. The molecule has 0 aliphatic heterocycles. The highest BCUT2D eigenvalue weighted by atomic mass is 32.2. The van der Waals surface area contributed by atoms with Crippen LogP contribution in [0.1, 0.15) is 38.5 Å². The topological polar surface area (TPSA) is 63.4 Å². The first-order chi connectivity index (χ1) is 9.43. The van der Waals surface area contributed by atoms with E-state index in [0.717, 1.165) is 44.6 Å². The largest absolute Gasteiger partial charge is 0.399 e. The lowest BCUT2D eigenvalue weighted by Gasteiger charge is -2.26. The van der Waals surface area contributed by atoms with Crippen LogP contribution >= 0.6 is 0 Å². The molecule has 0 bridgehead atoms. The SMILES string of the molecule is CN(C1CCCCCC1)S(=O)(=O)c1cc(N)ccc1F. The molecule has 1 aromatic carbocycles. The second-order valence-corrected chi connectivity index (χ2v) is 7.32. The Bertz CT molecular complexity index is 567. The van der Waals surface area contributed by atoms with Crippen molar-refractivity contribution in [3.63, 3.8) is 0 Å². The fourth-order valence-electron chi connectivity index (χ4n) is 2.69. The zero-order valence-corrected chi connectivity index (χ0v) is 12.5. The Labute approximate surface area is 119 Å². The molecule has 1 aliphatic rings. The summed E-state index contributed by atoms with van der Waals surface area (Å²) >= 11 is 0. The van der Waals surface area contributed by atoms with Crippen LogP contribution in [0.3, 0.4) is 0 Å². The van der Waals surface area contributed by atoms with Crippen LogP contribution in [-0.4, -0.2) is 25.8 Å². The summed E-state index contributed by atoms with van der Waals surface area (Å²) in [7, 11) is -2.29. The van der Waals surface area contributed by atoms with Gasteiger partial charge in [0.15, 0.2) is 0 Å². The van der Waals surface area contributed by atoms with E-state index in [9.17, 15) is 12.8 Å². The first kappa shape index (κ1) is 15.3. The number of anilines is 1. The molecule has 0 atom stereocenters. The third kappa shape index (κ3) is 3.12. The smallest absolute Gasteiger partial charge is 0.246 e. The van der Waals surface area contributed by atoms with E-state index in [4.69, 9.17) is 5.73 Å². The predicted octanol–water partition coefficient (Wildman–Crippen LogP) is 2.75. The quantitative estimate of drug-likeness (QED) is 0.689. The zero-order chi connectivity index (χ0) is 14.8. The van der Waals surface area contributed by atoms with E-state index in [2.05, 4.69) is 0 Å². The number of hydrogen-bond donors (Lipinski definition) is 1. The van der Waals surface area contributed by atoms with Gasteiger partial charge >= 0.3 is 0 Å². The molecule has 0 aromatic heterocycles. The van der Waals surface area contributed by atoms with Crippen molar-refractivity contribution in [3.05, 3.63) is 24.0 Å². The number of halogens is 1. The maximum Gasteiger partial charge on any atom is 0.246 e. The van der Waals surface area contributed by atoms with Gasteiger partial charge in [-0.15, -0.1) is 0 Å². The number of rotatable bonds is 3. The van der Waals surface area contributed by atoms with Gasteiger partial charge in [0.05, 0.1) is 0 Å². The summed E-state index contributed by atoms with van der Waals surface area (Å²) in [4.78, 5) is -0.329. The zero-order valence-electron chi connectivity index (χ0n) is 11.7. The Morgan fingerprint density at radius 2 is 1.80 bits per heavy atom. The Morgan fingerprint density at radius 3 is 2.40 bits per heavy atom. The van der Waals surface area contributed by atoms with E-state index >= 15 is 0 Å². The van der Waals surface area contributed by atoms with Crippen molar-refractivity contribution in [2.24, 2.45) is 0 Å². The van der Waals surface area contributed by atoms with Crippen molar-refractivity contribution in [2.75, 3.05) is 12.8 Å². The Kier molecular flexibility index (Phi) is 4.65. The number of hydrogen-bond acceptors (Lipinski definition) is 3. The molecule has 1 fully saturated rings. The molecule has 1 saturated carbocycles. The Hall–Kier alpha value is -1.14. The van der Waals surface area contributed by atoms with Crippen LogP contribution in [0.4, 0.5) is 10.1 Å². The van der Waals surface area contributed by atoms with E-state index in [1.807, 2.05) is 0 Å². The fourth-order valence-corrected chi connectivity index (χ4v) is 4.20. The molecule has 0 spiro atoms. The molecule has 0 unspecified atom stereocenters. The second kappa shape index (κ2) is 6.10. The molecule has 20 heavy (non-hydrogen) atoms. The van der Waals surface area contributed by atoms with Gasteiger partial charge < -0.3 is 5.73 Å². The number of benzene rings is 1. The van der Waals surface area contributed by atoms with E-state index in [0.29, 0.717) is 0 Å². The monoisotopic (exact) mass is 300 g/mol. The molecule has 0 radical (unpaired) electrons. The average molecular weight is 300 g/mol. The lowest BCUT2D eigenvalue weighted by molar-refractivity contribution is 0.334. The molecule has 1 aromatic rings. The number of nitrogens with zero attached hydrogens (tertiary/aromatic N) is 1. The summed E-state index contributed by atoms with van der Waals surface area (Å²) in [5, 5.41) is 0. The highest BCUT2D eigenvalue weighted by Gasteiger charge is 2.30. The first-order valence-corrected chi connectivity index (χ1v) is 8.40. The normalized spacial score (nSPS) is 18.1. The van der Waals surface area contributed by atoms with Crippen LogP contribution in [0.15, 0.2) is 23.1 Å². The summed E-state index contributed by atoms with van der Waals surface area (Å²) in [5.41, 5.74) is 5.83. The molecule has 0 amide bonds. The molecular weight excluding hydrogens is 279 g/mol. The van der Waals surface area contributed by atoms with Crippen molar-refractivity contribution in [3.8, 4) is 0 Å². The summed E-state index contributed by atoms with van der Waals surface area (Å²) < 4.78 is 40.2. The minimum Gasteiger partial charge on any atom is -0.399 e. The standard InChI is InChI=1S/C14H21FN2O2S/c1-17(12-6-4-2-3-5-7-12)20(18,19)14-10-11(16)8-9-13(14)15/h8-10,12H,2-7,16H2,1H3. The first-order valence-electron chi connectivity index (χ1n) is 6.96. The predicted molar refractivity (Wildman–Crippen MR) is 77.3 cm³/mol. The van der Waals surface area contributed by atoms with Gasteiger partial charge in [0.25, 0.3) is 0 Å². The van der Waals surface area contributed by atoms with Crippen molar-refractivity contribution in [2.45, 2.75) is 49.5 Å². The molecule has 2 rings (SSSR count). The minimum atomic E-state index is -3.83. The number of nitrogen functional groups attached to an aromatic ring is 1. The Morgan fingerprint density at radius 1 is 1.20 bits per heavy atom. The molecular formula is C14H21FN2O2S. The summed E-state index contributed by atoms with van der Waals surface area (Å²) in [5.74, 6) is -0.750. The maximum absolute atomic E-state index is 13.8. The van der Waals surface area contributed by atoms with Gasteiger partial charge in [-0.1, -0.05) is 25.7 Å². The van der Waals surface area contributed by atoms with Gasteiger partial charge in [0, 0.05) is 18.8 Å². The lowest BCUT2D eigenvalue weighted by Crippen LogP contribution is -2.37. The summed E-state index contributed by atoms with van der Waals surface area (Å²) in [6.07, 6.45) is 5.97. The van der Waals surface area contributed by atoms with Crippen molar-refractivity contribution < 1.29 is 12.8 Å². The van der Waals surface area contributed by atoms with Crippen molar-refractivity contribution >= 4 is 15.7 Å². The maximum atomic E-state index is 13.8. The van der Waals surface area contributed by atoms with E-state index in [-0.39, 0.29) is 16.6 Å². The van der Waals surface area contributed by atoms with Crippen LogP contribution in [0.2, 0.25) is 0 Å². The van der Waals surface area contributed by atoms with Gasteiger partial charge in [-0.2, -0.15) is 4.31 Å². The third-order valence-corrected chi connectivity index (χ3v) is 5.88. The van der Waals surface area contributed by atoms with Crippen LogP contribution < -0.4 is 5.73 Å². The van der Waals surface area contributed by atoms with Crippen LogP contribution in [-0.2, 0) is 10.0 Å². The third-order valence-electron chi connectivity index (χ3n) is 3.95. The van der Waals surface area contributed by atoms with Gasteiger partial charge in [-0.25, -0.2) is 12.8 Å². The molecule has 0 heterocycles. The molecule has 0 saturated heterocycles. The summed E-state index contributed by atoms with van der Waals surface area (Å²) in [6.45, 7) is 0. The number of nitrogens with two attached hydrogens (primary N) is 1. The minimum absolute atomic E-state index is 0.0525. The molecule has 112 valence electrons. The van der Waals surface area contributed by atoms with Crippen LogP contribution in [0.5, 0.6) is 0 Å². The van der Waals surface area contributed by atoms with Crippen LogP contribution in [0, 0.1) is 5.82 Å².